The Kier molecular flexibility index (Phi) is 5.19. The van der Waals surface area contributed by atoms with Crippen molar-refractivity contribution in [1.82, 2.24) is 10.6 Å². The fraction of sp³-hybridized carbons (Fsp3) is 0.857. The molecule has 5 nitrogen and oxygen atoms in total. The molecule has 0 bridgehead atoms. The van der Waals surface area contributed by atoms with E-state index in [4.69, 9.17) is 5.11 Å². The van der Waals surface area contributed by atoms with Crippen LogP contribution in [0.15, 0.2) is 0 Å². The number of rotatable bonds is 6. The molecule has 0 aromatic heterocycles. The van der Waals surface area contributed by atoms with Gasteiger partial charge in [-0.1, -0.05) is 25.7 Å². The van der Waals surface area contributed by atoms with Gasteiger partial charge in [-0.3, -0.25) is 9.59 Å². The SMILES string of the molecule is O=C(O)[C@@H]1C[C@H]1C(=O)NCCNC1CCCCCC1. The minimum Gasteiger partial charge on any atom is -0.481 e. The molecule has 2 fully saturated rings. The first-order valence-corrected chi connectivity index (χ1v) is 7.42. The number of hydrogen-bond acceptors (Lipinski definition) is 3. The van der Waals surface area contributed by atoms with Gasteiger partial charge in [0.25, 0.3) is 0 Å². The summed E-state index contributed by atoms with van der Waals surface area (Å²) < 4.78 is 0. The van der Waals surface area contributed by atoms with Gasteiger partial charge in [0.05, 0.1) is 11.8 Å². The van der Waals surface area contributed by atoms with Crippen LogP contribution >= 0.6 is 0 Å². The molecular weight excluding hydrogens is 244 g/mol. The molecule has 0 spiro atoms. The Bertz CT molecular complexity index is 325. The van der Waals surface area contributed by atoms with Gasteiger partial charge in [-0.15, -0.1) is 0 Å². The lowest BCUT2D eigenvalue weighted by molar-refractivity contribution is -0.140. The molecule has 2 rings (SSSR count). The van der Waals surface area contributed by atoms with Gasteiger partial charge in [-0.05, 0) is 19.3 Å². The van der Waals surface area contributed by atoms with Crippen molar-refractivity contribution in [3.63, 3.8) is 0 Å². The van der Waals surface area contributed by atoms with Crippen LogP contribution in [-0.4, -0.2) is 36.1 Å². The number of carbonyl (C=O) groups is 2. The van der Waals surface area contributed by atoms with E-state index in [0.717, 1.165) is 6.54 Å². The second kappa shape index (κ2) is 6.89. The average molecular weight is 268 g/mol. The number of aliphatic carboxylic acids is 1. The molecule has 2 aliphatic rings. The highest BCUT2D eigenvalue weighted by molar-refractivity contribution is 5.89. The van der Waals surface area contributed by atoms with Crippen molar-refractivity contribution in [2.45, 2.75) is 51.0 Å². The first kappa shape index (κ1) is 14.3. The minimum atomic E-state index is -0.850. The van der Waals surface area contributed by atoms with E-state index in [0.29, 0.717) is 19.0 Å². The maximum Gasteiger partial charge on any atom is 0.307 e. The topological polar surface area (TPSA) is 78.4 Å². The highest BCUT2D eigenvalue weighted by atomic mass is 16.4. The first-order valence-electron chi connectivity index (χ1n) is 7.42. The summed E-state index contributed by atoms with van der Waals surface area (Å²) in [6, 6.07) is 0.590. The van der Waals surface area contributed by atoms with Crippen molar-refractivity contribution >= 4 is 11.9 Å². The highest BCUT2D eigenvalue weighted by Crippen LogP contribution is 2.38. The molecular formula is C14H24N2O3. The van der Waals surface area contributed by atoms with Crippen LogP contribution in [0.1, 0.15) is 44.9 Å². The van der Waals surface area contributed by atoms with Crippen LogP contribution in [0.4, 0.5) is 0 Å². The first-order chi connectivity index (χ1) is 9.18. The summed E-state index contributed by atoms with van der Waals surface area (Å²) in [5.74, 6) is -1.70. The molecule has 3 N–H and O–H groups in total. The third kappa shape index (κ3) is 4.49. The molecule has 2 atom stereocenters. The standard InChI is InChI=1S/C14H24N2O3/c17-13(11-9-12(11)14(18)19)16-8-7-15-10-5-3-1-2-4-6-10/h10-12,15H,1-9H2,(H,16,17)(H,18,19)/t11-,12-/m1/s1. The zero-order chi connectivity index (χ0) is 13.7. The van der Waals surface area contributed by atoms with Gasteiger partial charge in [0, 0.05) is 19.1 Å². The van der Waals surface area contributed by atoms with E-state index in [9.17, 15) is 9.59 Å². The van der Waals surface area contributed by atoms with Crippen molar-refractivity contribution in [2.75, 3.05) is 13.1 Å². The Morgan fingerprint density at radius 1 is 1.00 bits per heavy atom. The number of carboxylic acids is 1. The Morgan fingerprint density at radius 3 is 2.26 bits per heavy atom. The van der Waals surface area contributed by atoms with Gasteiger partial charge in [-0.2, -0.15) is 0 Å². The van der Waals surface area contributed by atoms with E-state index >= 15 is 0 Å². The summed E-state index contributed by atoms with van der Waals surface area (Å²) >= 11 is 0. The highest BCUT2D eigenvalue weighted by Gasteiger charge is 2.48. The zero-order valence-corrected chi connectivity index (χ0v) is 11.4. The molecule has 2 aliphatic carbocycles. The molecule has 0 aromatic rings. The monoisotopic (exact) mass is 268 g/mol. The molecule has 0 aliphatic heterocycles. The molecule has 0 aromatic carbocycles. The van der Waals surface area contributed by atoms with Crippen molar-refractivity contribution in [1.29, 1.82) is 0 Å². The third-order valence-electron chi connectivity index (χ3n) is 4.16. The number of hydrogen-bond donors (Lipinski definition) is 3. The van der Waals surface area contributed by atoms with Crippen molar-refractivity contribution in [3.05, 3.63) is 0 Å². The van der Waals surface area contributed by atoms with Gasteiger partial charge in [0.15, 0.2) is 0 Å². The van der Waals surface area contributed by atoms with Crippen molar-refractivity contribution < 1.29 is 14.7 Å². The summed E-state index contributed by atoms with van der Waals surface area (Å²) in [5, 5.41) is 15.0. The maximum atomic E-state index is 11.6. The molecule has 108 valence electrons. The Labute approximate surface area is 114 Å². The number of carbonyl (C=O) groups excluding carboxylic acids is 1. The second-order valence-electron chi connectivity index (χ2n) is 5.72. The molecule has 0 saturated heterocycles. The fourth-order valence-corrected chi connectivity index (χ4v) is 2.83. The Hall–Kier alpha value is -1.10. The third-order valence-corrected chi connectivity index (χ3v) is 4.16. The maximum absolute atomic E-state index is 11.6. The van der Waals surface area contributed by atoms with Crippen LogP contribution in [0.3, 0.4) is 0 Å². The van der Waals surface area contributed by atoms with Crippen LogP contribution < -0.4 is 10.6 Å². The summed E-state index contributed by atoms with van der Waals surface area (Å²) in [4.78, 5) is 22.3. The lowest BCUT2D eigenvalue weighted by Crippen LogP contribution is -2.37. The molecule has 0 unspecified atom stereocenters. The quantitative estimate of drug-likeness (QED) is 0.498. The van der Waals surface area contributed by atoms with Crippen LogP contribution in [0, 0.1) is 11.8 Å². The summed E-state index contributed by atoms with van der Waals surface area (Å²) in [5.41, 5.74) is 0. The predicted molar refractivity (Wildman–Crippen MR) is 71.7 cm³/mol. The second-order valence-corrected chi connectivity index (χ2v) is 5.72. The van der Waals surface area contributed by atoms with Gasteiger partial charge < -0.3 is 15.7 Å². The minimum absolute atomic E-state index is 0.102. The van der Waals surface area contributed by atoms with Gasteiger partial charge in [-0.25, -0.2) is 0 Å². The molecule has 0 radical (unpaired) electrons. The van der Waals surface area contributed by atoms with E-state index < -0.39 is 11.9 Å². The van der Waals surface area contributed by atoms with Crippen LogP contribution in [-0.2, 0) is 9.59 Å². The number of carboxylic acid groups (broad SMARTS) is 1. The smallest absolute Gasteiger partial charge is 0.307 e. The number of amides is 1. The summed E-state index contributed by atoms with van der Waals surface area (Å²) in [7, 11) is 0. The number of nitrogens with one attached hydrogen (secondary N) is 2. The van der Waals surface area contributed by atoms with Gasteiger partial charge in [0.1, 0.15) is 0 Å². The van der Waals surface area contributed by atoms with E-state index in [1.807, 2.05) is 0 Å². The molecule has 19 heavy (non-hydrogen) atoms. The fourth-order valence-electron chi connectivity index (χ4n) is 2.83. The van der Waals surface area contributed by atoms with Crippen molar-refractivity contribution in [3.8, 4) is 0 Å². The summed E-state index contributed by atoms with van der Waals surface area (Å²) in [6.45, 7) is 1.37. The van der Waals surface area contributed by atoms with Crippen LogP contribution in [0.25, 0.3) is 0 Å². The van der Waals surface area contributed by atoms with Crippen LogP contribution in [0.2, 0.25) is 0 Å². The largest absolute Gasteiger partial charge is 0.481 e. The van der Waals surface area contributed by atoms with Gasteiger partial charge in [0.2, 0.25) is 5.91 Å². The zero-order valence-electron chi connectivity index (χ0n) is 11.4. The van der Waals surface area contributed by atoms with E-state index in [1.54, 1.807) is 0 Å². The average Bonchev–Trinajstić information content (AvgIpc) is 3.18. The molecule has 2 saturated carbocycles. The Balaban J connectivity index is 1.54. The summed E-state index contributed by atoms with van der Waals surface area (Å²) in [6.07, 6.45) is 8.24. The van der Waals surface area contributed by atoms with Crippen LogP contribution in [0.5, 0.6) is 0 Å². The molecule has 1 amide bonds. The lowest BCUT2D eigenvalue weighted by atomic mass is 10.1. The molecule has 0 heterocycles. The van der Waals surface area contributed by atoms with E-state index in [-0.39, 0.29) is 11.8 Å². The van der Waals surface area contributed by atoms with E-state index in [2.05, 4.69) is 10.6 Å². The lowest BCUT2D eigenvalue weighted by Gasteiger charge is -2.16. The van der Waals surface area contributed by atoms with Crippen molar-refractivity contribution in [2.24, 2.45) is 11.8 Å². The van der Waals surface area contributed by atoms with Gasteiger partial charge >= 0.3 is 5.97 Å². The molecule has 5 heteroatoms. The Morgan fingerprint density at radius 2 is 1.68 bits per heavy atom. The predicted octanol–water partition coefficient (Wildman–Crippen LogP) is 1.14. The van der Waals surface area contributed by atoms with E-state index in [1.165, 1.54) is 38.5 Å². The normalized spacial score (nSPS) is 27.6.